The third kappa shape index (κ3) is 4.13. The third-order valence-corrected chi connectivity index (χ3v) is 5.14. The summed E-state index contributed by atoms with van der Waals surface area (Å²) >= 11 is 0. The molecule has 4 rings (SSSR count). The van der Waals surface area contributed by atoms with Crippen molar-refractivity contribution in [2.75, 3.05) is 55.6 Å². The SMILES string of the molecule is CN(C)c1ccc(CC(=O)Nn2nc(N3CCOCC3)c3ccccc3c2=O)cc1. The van der Waals surface area contributed by atoms with Crippen molar-refractivity contribution in [3.05, 3.63) is 64.4 Å². The Labute approximate surface area is 174 Å². The van der Waals surface area contributed by atoms with Gasteiger partial charge in [-0.05, 0) is 23.8 Å². The second-order valence-electron chi connectivity index (χ2n) is 7.46. The van der Waals surface area contributed by atoms with Crippen LogP contribution in [0.4, 0.5) is 11.5 Å². The molecular weight excluding hydrogens is 382 g/mol. The number of benzene rings is 2. The van der Waals surface area contributed by atoms with E-state index in [4.69, 9.17) is 4.74 Å². The number of carbonyl (C=O) groups excluding carboxylic acids is 1. The highest BCUT2D eigenvalue weighted by Gasteiger charge is 2.19. The molecule has 0 spiro atoms. The highest BCUT2D eigenvalue weighted by atomic mass is 16.5. The second kappa shape index (κ2) is 8.54. The van der Waals surface area contributed by atoms with Gasteiger partial charge in [-0.25, -0.2) is 5.43 Å². The fraction of sp³-hybridized carbons (Fsp3) is 0.318. The van der Waals surface area contributed by atoms with Crippen LogP contribution < -0.4 is 20.8 Å². The van der Waals surface area contributed by atoms with E-state index in [-0.39, 0.29) is 17.9 Å². The summed E-state index contributed by atoms with van der Waals surface area (Å²) in [5, 5.41) is 5.77. The number of aromatic nitrogens is 2. The summed E-state index contributed by atoms with van der Waals surface area (Å²) in [7, 11) is 3.93. The van der Waals surface area contributed by atoms with Gasteiger partial charge in [-0.2, -0.15) is 0 Å². The summed E-state index contributed by atoms with van der Waals surface area (Å²) in [5.41, 5.74) is 4.22. The Morgan fingerprint density at radius 3 is 2.40 bits per heavy atom. The molecule has 1 N–H and O–H groups in total. The predicted octanol–water partition coefficient (Wildman–Crippen LogP) is 1.61. The molecule has 1 amide bonds. The minimum absolute atomic E-state index is 0.154. The maximum Gasteiger partial charge on any atom is 0.294 e. The molecule has 1 fully saturated rings. The Hall–Kier alpha value is -3.39. The molecule has 1 aliphatic rings. The molecule has 0 saturated carbocycles. The molecule has 30 heavy (non-hydrogen) atoms. The Kier molecular flexibility index (Phi) is 5.67. The Bertz CT molecular complexity index is 1100. The zero-order chi connectivity index (χ0) is 21.1. The normalized spacial score (nSPS) is 14.0. The Balaban J connectivity index is 1.61. The van der Waals surface area contributed by atoms with Gasteiger partial charge in [0.1, 0.15) is 0 Å². The van der Waals surface area contributed by atoms with E-state index in [0.29, 0.717) is 37.5 Å². The van der Waals surface area contributed by atoms with Gasteiger partial charge in [0.2, 0.25) is 5.91 Å². The van der Waals surface area contributed by atoms with Gasteiger partial charge in [0.15, 0.2) is 5.82 Å². The molecule has 1 saturated heterocycles. The average molecular weight is 407 g/mol. The van der Waals surface area contributed by atoms with Crippen molar-refractivity contribution in [1.82, 2.24) is 9.89 Å². The fourth-order valence-electron chi connectivity index (χ4n) is 3.51. The van der Waals surface area contributed by atoms with Gasteiger partial charge in [-0.15, -0.1) is 9.89 Å². The van der Waals surface area contributed by atoms with Crippen LogP contribution in [0.25, 0.3) is 10.8 Å². The van der Waals surface area contributed by atoms with Crippen LogP contribution in [-0.2, 0) is 16.0 Å². The first kappa shape index (κ1) is 19.9. The van der Waals surface area contributed by atoms with Crippen LogP contribution in [0.2, 0.25) is 0 Å². The van der Waals surface area contributed by atoms with Gasteiger partial charge in [0, 0.05) is 38.3 Å². The standard InChI is InChI=1S/C22H25N5O3/c1-25(2)17-9-7-16(8-10-17)15-20(28)23-27-22(29)19-6-4-3-5-18(19)21(24-27)26-11-13-30-14-12-26/h3-10H,11-15H2,1-2H3,(H,23,28). The van der Waals surface area contributed by atoms with Gasteiger partial charge in [-0.3, -0.25) is 9.59 Å². The summed E-state index contributed by atoms with van der Waals surface area (Å²) in [6.07, 6.45) is 0.154. The van der Waals surface area contributed by atoms with Crippen LogP contribution in [0.1, 0.15) is 5.56 Å². The van der Waals surface area contributed by atoms with Crippen molar-refractivity contribution in [3.8, 4) is 0 Å². The molecule has 0 aliphatic carbocycles. The molecule has 2 heterocycles. The van der Waals surface area contributed by atoms with Crippen molar-refractivity contribution in [1.29, 1.82) is 0 Å². The van der Waals surface area contributed by atoms with Crippen molar-refractivity contribution in [2.24, 2.45) is 0 Å². The minimum atomic E-state index is -0.348. The number of anilines is 2. The lowest BCUT2D eigenvalue weighted by Crippen LogP contribution is -2.41. The Morgan fingerprint density at radius 2 is 1.73 bits per heavy atom. The molecule has 8 nitrogen and oxygen atoms in total. The van der Waals surface area contributed by atoms with E-state index >= 15 is 0 Å². The maximum atomic E-state index is 12.9. The molecule has 3 aromatic rings. The van der Waals surface area contributed by atoms with Crippen molar-refractivity contribution >= 4 is 28.2 Å². The number of morpholine rings is 1. The van der Waals surface area contributed by atoms with Gasteiger partial charge in [-0.1, -0.05) is 30.3 Å². The van der Waals surface area contributed by atoms with Crippen LogP contribution >= 0.6 is 0 Å². The van der Waals surface area contributed by atoms with Crippen molar-refractivity contribution in [2.45, 2.75) is 6.42 Å². The minimum Gasteiger partial charge on any atom is -0.378 e. The van der Waals surface area contributed by atoms with E-state index in [9.17, 15) is 9.59 Å². The van der Waals surface area contributed by atoms with Gasteiger partial charge in [0.05, 0.1) is 25.0 Å². The van der Waals surface area contributed by atoms with Crippen LogP contribution in [0.5, 0.6) is 0 Å². The highest BCUT2D eigenvalue weighted by Crippen LogP contribution is 2.22. The zero-order valence-corrected chi connectivity index (χ0v) is 17.2. The number of hydrogen-bond acceptors (Lipinski definition) is 6. The van der Waals surface area contributed by atoms with Gasteiger partial charge < -0.3 is 14.5 Å². The smallest absolute Gasteiger partial charge is 0.294 e. The van der Waals surface area contributed by atoms with Crippen molar-refractivity contribution in [3.63, 3.8) is 0 Å². The number of nitrogens with zero attached hydrogens (tertiary/aromatic N) is 4. The molecular formula is C22H25N5O3. The topological polar surface area (TPSA) is 79.7 Å². The quantitative estimate of drug-likeness (QED) is 0.692. The highest BCUT2D eigenvalue weighted by molar-refractivity contribution is 5.92. The van der Waals surface area contributed by atoms with E-state index in [1.165, 1.54) is 0 Å². The second-order valence-corrected chi connectivity index (χ2v) is 7.46. The lowest BCUT2D eigenvalue weighted by Gasteiger charge is -2.29. The zero-order valence-electron chi connectivity index (χ0n) is 17.2. The van der Waals surface area contributed by atoms with Crippen LogP contribution in [0, 0.1) is 0 Å². The van der Waals surface area contributed by atoms with Crippen molar-refractivity contribution < 1.29 is 9.53 Å². The molecule has 0 atom stereocenters. The fourth-order valence-corrected chi connectivity index (χ4v) is 3.51. The molecule has 156 valence electrons. The first-order valence-electron chi connectivity index (χ1n) is 9.94. The summed E-state index contributed by atoms with van der Waals surface area (Å²) in [5.74, 6) is 0.370. The molecule has 2 aromatic carbocycles. The first-order valence-corrected chi connectivity index (χ1v) is 9.94. The molecule has 1 aromatic heterocycles. The third-order valence-electron chi connectivity index (χ3n) is 5.14. The summed E-state index contributed by atoms with van der Waals surface area (Å²) in [6, 6.07) is 15.1. The van der Waals surface area contributed by atoms with Gasteiger partial charge in [0.25, 0.3) is 5.56 Å². The van der Waals surface area contributed by atoms with Crippen LogP contribution in [0.3, 0.4) is 0 Å². The van der Waals surface area contributed by atoms with Gasteiger partial charge >= 0.3 is 0 Å². The largest absolute Gasteiger partial charge is 0.378 e. The van der Waals surface area contributed by atoms with E-state index in [1.54, 1.807) is 6.07 Å². The molecule has 0 unspecified atom stereocenters. The number of fused-ring (bicyclic) bond motifs is 1. The number of ether oxygens (including phenoxy) is 1. The van der Waals surface area contributed by atoms with E-state index < -0.39 is 0 Å². The molecule has 0 radical (unpaired) electrons. The van der Waals surface area contributed by atoms with E-state index in [2.05, 4.69) is 15.4 Å². The lowest BCUT2D eigenvalue weighted by atomic mass is 10.1. The van der Waals surface area contributed by atoms with Crippen LogP contribution in [-0.4, -0.2) is 56.2 Å². The first-order chi connectivity index (χ1) is 14.5. The number of rotatable bonds is 5. The monoisotopic (exact) mass is 407 g/mol. The summed E-state index contributed by atoms with van der Waals surface area (Å²) in [4.78, 5) is 30.7. The number of nitrogens with one attached hydrogen (secondary N) is 1. The number of hydrogen-bond donors (Lipinski definition) is 1. The van der Waals surface area contributed by atoms with Crippen LogP contribution in [0.15, 0.2) is 53.3 Å². The maximum absolute atomic E-state index is 12.9. The summed E-state index contributed by atoms with van der Waals surface area (Å²) in [6.45, 7) is 2.57. The lowest BCUT2D eigenvalue weighted by molar-refractivity contribution is -0.116. The molecule has 0 bridgehead atoms. The molecule has 1 aliphatic heterocycles. The van der Waals surface area contributed by atoms with E-state index in [0.717, 1.165) is 21.4 Å². The predicted molar refractivity (Wildman–Crippen MR) is 118 cm³/mol. The number of carbonyl (C=O) groups is 1. The molecule has 8 heteroatoms. The Morgan fingerprint density at radius 1 is 1.07 bits per heavy atom. The summed E-state index contributed by atoms with van der Waals surface area (Å²) < 4.78 is 5.43. The number of amides is 1. The van der Waals surface area contributed by atoms with E-state index in [1.807, 2.05) is 61.5 Å². The average Bonchev–Trinajstić information content (AvgIpc) is 2.76.